The second-order valence-electron chi connectivity index (χ2n) is 13.1. The second kappa shape index (κ2) is 23.3. The van der Waals surface area contributed by atoms with Crippen LogP contribution in [-0.2, 0) is 9.47 Å². The lowest BCUT2D eigenvalue weighted by molar-refractivity contribution is -0.245. The molecule has 11 N–H and O–H groups in total. The molecular weight excluding hydrogens is 664 g/mol. The van der Waals surface area contributed by atoms with Gasteiger partial charge in [-0.3, -0.25) is 0 Å². The van der Waals surface area contributed by atoms with E-state index in [1.807, 2.05) is 6.08 Å². The number of unbranched alkanes of at least 4 members (excludes halogenated alkanes) is 7. The van der Waals surface area contributed by atoms with Crippen molar-refractivity contribution in [2.45, 2.75) is 163 Å². The first kappa shape index (κ1) is 43.9. The van der Waals surface area contributed by atoms with E-state index in [2.05, 4.69) is 12.7 Å². The van der Waals surface area contributed by atoms with Crippen LogP contribution >= 0.6 is 11.6 Å². The highest BCUT2D eigenvalue weighted by atomic mass is 35.5. The highest BCUT2D eigenvalue weighted by molar-refractivity contribution is 6.25. The summed E-state index contributed by atoms with van der Waals surface area (Å²) >= 11 is 5.46. The van der Waals surface area contributed by atoms with E-state index in [1.165, 1.54) is 11.6 Å². The minimum Gasteiger partial charge on any atom is -0.396 e. The predicted octanol–water partition coefficient (Wildman–Crippen LogP) is 0.225. The van der Waals surface area contributed by atoms with Gasteiger partial charge in [0.05, 0.1) is 24.4 Å². The van der Waals surface area contributed by atoms with E-state index in [4.69, 9.17) is 21.1 Å². The van der Waals surface area contributed by atoms with Crippen LogP contribution in [-0.4, -0.2) is 148 Å². The summed E-state index contributed by atoms with van der Waals surface area (Å²) in [5.74, 6) is 0. The number of rotatable bonds is 22. The number of ether oxygens (including phenoxy) is 2. The van der Waals surface area contributed by atoms with E-state index in [1.54, 1.807) is 12.2 Å². The number of hydrogen-bond acceptors (Lipinski definition) is 13. The van der Waals surface area contributed by atoms with E-state index in [9.17, 15) is 56.2 Å². The number of aliphatic hydroxyl groups is 11. The lowest BCUT2D eigenvalue weighted by Gasteiger charge is -2.43. The van der Waals surface area contributed by atoms with Crippen LogP contribution in [0.3, 0.4) is 0 Å². The zero-order chi connectivity index (χ0) is 36.5. The first-order valence-electron chi connectivity index (χ1n) is 17.3. The minimum absolute atomic E-state index is 0.0366. The van der Waals surface area contributed by atoms with Crippen LogP contribution in [0.1, 0.15) is 77.0 Å². The molecule has 0 aliphatic carbocycles. The number of allylic oxidation sites excluding steroid dienone is 4. The molecule has 0 saturated carbocycles. The molecule has 2 saturated heterocycles. The Bertz CT molecular complexity index is 1010. The van der Waals surface area contributed by atoms with E-state index >= 15 is 0 Å². The summed E-state index contributed by atoms with van der Waals surface area (Å²) in [6.07, 6.45) is -4.06. The van der Waals surface area contributed by atoms with Gasteiger partial charge in [-0.2, -0.15) is 0 Å². The van der Waals surface area contributed by atoms with Crippen LogP contribution < -0.4 is 0 Å². The molecule has 0 aromatic carbocycles. The molecule has 0 spiro atoms. The van der Waals surface area contributed by atoms with Crippen molar-refractivity contribution in [2.24, 2.45) is 0 Å². The molecule has 14 atom stereocenters. The van der Waals surface area contributed by atoms with Gasteiger partial charge in [0.1, 0.15) is 61.0 Å². The van der Waals surface area contributed by atoms with Gasteiger partial charge in [-0.15, -0.1) is 0 Å². The third kappa shape index (κ3) is 14.0. The number of hydrogen-bond donors (Lipinski definition) is 11. The van der Waals surface area contributed by atoms with Crippen molar-refractivity contribution in [3.63, 3.8) is 0 Å². The highest BCUT2D eigenvalue weighted by Crippen LogP contribution is 2.30. The topological polar surface area (TPSA) is 241 Å². The zero-order valence-corrected chi connectivity index (χ0v) is 28.8. The molecule has 2 aliphatic heterocycles. The van der Waals surface area contributed by atoms with Crippen LogP contribution in [0.5, 0.6) is 0 Å². The van der Waals surface area contributed by atoms with E-state index in [0.717, 1.165) is 44.9 Å². The molecule has 2 rings (SSSR count). The zero-order valence-electron chi connectivity index (χ0n) is 28.1. The van der Waals surface area contributed by atoms with Crippen molar-refractivity contribution in [1.29, 1.82) is 0 Å². The van der Waals surface area contributed by atoms with E-state index in [-0.39, 0.29) is 37.9 Å². The molecule has 0 amide bonds. The monoisotopic (exact) mass is 722 g/mol. The molecule has 13 nitrogen and oxygen atoms in total. The fourth-order valence-electron chi connectivity index (χ4n) is 6.18. The van der Waals surface area contributed by atoms with Gasteiger partial charge >= 0.3 is 0 Å². The Balaban J connectivity index is 1.81. The molecule has 14 heteroatoms. The molecular formula is C35H59ClO13. The molecule has 2 heterocycles. The van der Waals surface area contributed by atoms with Crippen molar-refractivity contribution in [3.8, 4) is 0 Å². The van der Waals surface area contributed by atoms with E-state index < -0.39 is 85.5 Å². The first-order valence-corrected chi connectivity index (χ1v) is 17.8. The molecule has 49 heavy (non-hydrogen) atoms. The number of aliphatic hydroxyl groups excluding tert-OH is 11. The summed E-state index contributed by atoms with van der Waals surface area (Å²) in [4.78, 5) is 0. The molecule has 0 bridgehead atoms. The molecule has 284 valence electrons. The summed E-state index contributed by atoms with van der Waals surface area (Å²) in [5, 5.41) is 114. The Hall–Kier alpha value is -1.27. The molecule has 0 aromatic rings. The summed E-state index contributed by atoms with van der Waals surface area (Å²) in [5.41, 5.74) is 1.53. The summed E-state index contributed by atoms with van der Waals surface area (Å²) in [6, 6.07) is 0. The third-order valence-corrected chi connectivity index (χ3v) is 9.44. The molecule has 0 radical (unpaired) electrons. The smallest absolute Gasteiger partial charge is 0.115 e. The first-order chi connectivity index (χ1) is 23.3. The summed E-state index contributed by atoms with van der Waals surface area (Å²) in [6.45, 7) is 3.40. The molecule has 2 fully saturated rings. The SMILES string of the molecule is C=C(CC[C@@H](O)[C@H]1O[C@H](CCO)[C@@H](O)[C@@H](O)[C@@H]1O)[C@@H](O)[C@@H](O)[C@H]1C[C@@H](O)[C@@H](O)[C@H]([C@@H](O)[C@@H](O)/C=C/CCCCCCCC/C=C/C=C/Cl)O1. The van der Waals surface area contributed by atoms with Crippen molar-refractivity contribution < 1.29 is 65.6 Å². The average Bonchev–Trinajstić information content (AvgIpc) is 3.09. The quantitative estimate of drug-likeness (QED) is 0.0408. The van der Waals surface area contributed by atoms with Crippen molar-refractivity contribution in [2.75, 3.05) is 6.61 Å². The third-order valence-electron chi connectivity index (χ3n) is 9.29. The van der Waals surface area contributed by atoms with Gasteiger partial charge in [0, 0.05) is 18.6 Å². The van der Waals surface area contributed by atoms with Crippen molar-refractivity contribution >= 4 is 11.6 Å². The van der Waals surface area contributed by atoms with Crippen molar-refractivity contribution in [3.05, 3.63) is 48.1 Å². The Morgan fingerprint density at radius 1 is 0.755 bits per heavy atom. The molecule has 2 aliphatic rings. The van der Waals surface area contributed by atoms with Crippen LogP contribution in [0.2, 0.25) is 0 Å². The Kier molecular flexibility index (Phi) is 20.9. The number of halogens is 1. The van der Waals surface area contributed by atoms with Gasteiger partial charge in [0.15, 0.2) is 0 Å². The maximum atomic E-state index is 10.9. The lowest BCUT2D eigenvalue weighted by atomic mass is 9.86. The van der Waals surface area contributed by atoms with E-state index in [0.29, 0.717) is 6.42 Å². The maximum Gasteiger partial charge on any atom is 0.115 e. The second-order valence-corrected chi connectivity index (χ2v) is 13.4. The predicted molar refractivity (Wildman–Crippen MR) is 182 cm³/mol. The molecule has 0 unspecified atom stereocenters. The average molecular weight is 723 g/mol. The minimum atomic E-state index is -1.67. The van der Waals surface area contributed by atoms with Crippen LogP contribution in [0.25, 0.3) is 0 Å². The van der Waals surface area contributed by atoms with Gasteiger partial charge in [-0.25, -0.2) is 0 Å². The largest absolute Gasteiger partial charge is 0.396 e. The fourth-order valence-corrected chi connectivity index (χ4v) is 6.27. The molecule has 0 aromatic heterocycles. The Morgan fingerprint density at radius 2 is 1.39 bits per heavy atom. The standard InChI is InChI=1S/C35H59ClO13/c1-21(15-16-23(39)34-33(47)32(46)30(44)25(48-34)17-19-37)27(41)31(45)26-20-24(40)29(43)35(49-26)28(42)22(38)14-12-10-8-6-4-2-3-5-7-9-11-13-18-36/h9,11-14,18,22-35,37-47H,1-8,10,15-17,19-20H2/b11-9+,14-12+,18-13+/t22-,23+,24+,25+,26+,27+,28-,29+,30+,31-,32+,33-,34+,35-/m0/s1. The van der Waals surface area contributed by atoms with Crippen molar-refractivity contribution in [1.82, 2.24) is 0 Å². The summed E-state index contributed by atoms with van der Waals surface area (Å²) < 4.78 is 11.2. The lowest BCUT2D eigenvalue weighted by Crippen LogP contribution is -2.60. The Labute approximate surface area is 294 Å². The van der Waals surface area contributed by atoms with Crippen LogP contribution in [0.4, 0.5) is 0 Å². The Morgan fingerprint density at radius 3 is 2.02 bits per heavy atom. The highest BCUT2D eigenvalue weighted by Gasteiger charge is 2.47. The summed E-state index contributed by atoms with van der Waals surface area (Å²) in [7, 11) is 0. The van der Waals surface area contributed by atoms with Gasteiger partial charge in [-0.1, -0.05) is 74.2 Å². The van der Waals surface area contributed by atoms with Gasteiger partial charge in [0.2, 0.25) is 0 Å². The fraction of sp³-hybridized carbons (Fsp3) is 0.771. The van der Waals surface area contributed by atoms with Crippen LogP contribution in [0.15, 0.2) is 48.1 Å². The maximum absolute atomic E-state index is 10.9. The van der Waals surface area contributed by atoms with Gasteiger partial charge in [0.25, 0.3) is 0 Å². The van der Waals surface area contributed by atoms with Gasteiger partial charge in [-0.05, 0) is 50.5 Å². The van der Waals surface area contributed by atoms with Crippen LogP contribution in [0, 0.1) is 0 Å². The normalized spacial score (nSPS) is 32.9. The van der Waals surface area contributed by atoms with Gasteiger partial charge < -0.3 is 65.6 Å².